The maximum absolute atomic E-state index is 12.8. The Hall–Kier alpha value is -2.69. The Morgan fingerprint density at radius 1 is 0.889 bits per heavy atom. The van der Waals surface area contributed by atoms with Crippen LogP contribution >= 0.6 is 0 Å². The zero-order valence-electron chi connectivity index (χ0n) is 16.5. The van der Waals surface area contributed by atoms with Crippen molar-refractivity contribution in [2.24, 2.45) is 0 Å². The first-order valence-electron chi connectivity index (χ1n) is 9.60. The van der Waals surface area contributed by atoms with Crippen LogP contribution in [0.15, 0.2) is 48.8 Å². The summed E-state index contributed by atoms with van der Waals surface area (Å²) in [6.07, 6.45) is 6.11. The Kier molecular flexibility index (Phi) is 7.99. The highest BCUT2D eigenvalue weighted by molar-refractivity contribution is 5.99. The lowest BCUT2D eigenvalue weighted by atomic mass is 10.1. The van der Waals surface area contributed by atoms with Crippen molar-refractivity contribution in [2.75, 3.05) is 26.7 Å². The zero-order valence-corrected chi connectivity index (χ0v) is 16.5. The van der Waals surface area contributed by atoms with Gasteiger partial charge >= 0.3 is 0 Å². The van der Waals surface area contributed by atoms with Gasteiger partial charge < -0.3 is 9.80 Å². The zero-order chi connectivity index (χ0) is 19.6. The molecule has 2 rings (SSSR count). The van der Waals surface area contributed by atoms with Gasteiger partial charge in [-0.2, -0.15) is 0 Å². The van der Waals surface area contributed by atoms with Crippen molar-refractivity contribution in [3.63, 3.8) is 0 Å². The summed E-state index contributed by atoms with van der Waals surface area (Å²) in [4.78, 5) is 33.1. The average molecular weight is 367 g/mol. The molecule has 0 atom stereocenters. The molecule has 2 aromatic rings. The highest BCUT2D eigenvalue weighted by atomic mass is 16.2. The number of hydrogen-bond donors (Lipinski definition) is 0. The topological polar surface area (TPSA) is 53.5 Å². The summed E-state index contributed by atoms with van der Waals surface area (Å²) < 4.78 is 0. The van der Waals surface area contributed by atoms with Gasteiger partial charge in [-0.25, -0.2) is 0 Å². The largest absolute Gasteiger partial charge is 0.341 e. The van der Waals surface area contributed by atoms with Crippen LogP contribution < -0.4 is 0 Å². The third-order valence-corrected chi connectivity index (χ3v) is 4.46. The van der Waals surface area contributed by atoms with Crippen molar-refractivity contribution in [1.29, 1.82) is 0 Å². The van der Waals surface area contributed by atoms with Crippen LogP contribution in [0.5, 0.6) is 0 Å². The van der Waals surface area contributed by atoms with E-state index in [1.165, 1.54) is 0 Å². The molecule has 1 heterocycles. The molecule has 1 aromatic heterocycles. The number of pyridine rings is 1. The van der Waals surface area contributed by atoms with E-state index in [0.29, 0.717) is 17.7 Å². The minimum atomic E-state index is -0.0729. The fourth-order valence-electron chi connectivity index (χ4n) is 2.99. The van der Waals surface area contributed by atoms with Gasteiger partial charge in [0.15, 0.2) is 0 Å². The summed E-state index contributed by atoms with van der Waals surface area (Å²) in [6.45, 7) is 6.20. The van der Waals surface area contributed by atoms with E-state index in [0.717, 1.165) is 37.9 Å². The van der Waals surface area contributed by atoms with Gasteiger partial charge in [0.05, 0.1) is 0 Å². The monoisotopic (exact) mass is 367 g/mol. The molecule has 1 aromatic carbocycles. The van der Waals surface area contributed by atoms with E-state index in [-0.39, 0.29) is 11.8 Å². The fraction of sp³-hybridized carbons (Fsp3) is 0.409. The van der Waals surface area contributed by atoms with E-state index >= 15 is 0 Å². The molecule has 0 fully saturated rings. The van der Waals surface area contributed by atoms with E-state index < -0.39 is 0 Å². The Morgan fingerprint density at radius 3 is 2.07 bits per heavy atom. The molecule has 0 radical (unpaired) electrons. The number of amides is 2. The standard InChI is InChI=1S/C22H29N3O2/c1-4-14-25(15-5-2)22(27)20-8-6-7-19(17-20)21(26)24(3)16-11-18-9-12-23-13-10-18/h6-10,12-13,17H,4-5,11,14-16H2,1-3H3. The summed E-state index contributed by atoms with van der Waals surface area (Å²) in [7, 11) is 1.79. The van der Waals surface area contributed by atoms with Gasteiger partial charge in [0.2, 0.25) is 0 Å². The van der Waals surface area contributed by atoms with Crippen LogP contribution in [-0.4, -0.2) is 53.3 Å². The SMILES string of the molecule is CCCN(CCC)C(=O)c1cccc(C(=O)N(C)CCc2ccncc2)c1. The number of hydrogen-bond acceptors (Lipinski definition) is 3. The molecule has 0 N–H and O–H groups in total. The number of nitrogens with zero attached hydrogens (tertiary/aromatic N) is 3. The Balaban J connectivity index is 2.06. The minimum absolute atomic E-state index is 0.00668. The van der Waals surface area contributed by atoms with Gasteiger partial charge in [-0.15, -0.1) is 0 Å². The molecule has 5 heteroatoms. The highest BCUT2D eigenvalue weighted by Gasteiger charge is 2.17. The highest BCUT2D eigenvalue weighted by Crippen LogP contribution is 2.12. The number of carbonyl (C=O) groups is 2. The van der Waals surface area contributed by atoms with Crippen molar-refractivity contribution in [2.45, 2.75) is 33.1 Å². The lowest BCUT2D eigenvalue weighted by Gasteiger charge is -2.22. The summed E-state index contributed by atoms with van der Waals surface area (Å²) in [5.74, 6) is -0.0796. The minimum Gasteiger partial charge on any atom is -0.341 e. The van der Waals surface area contributed by atoms with Crippen LogP contribution in [0, 0.1) is 0 Å². The first kappa shape index (κ1) is 20.6. The van der Waals surface area contributed by atoms with Crippen LogP contribution in [0.3, 0.4) is 0 Å². The van der Waals surface area contributed by atoms with E-state index in [2.05, 4.69) is 18.8 Å². The molecule has 5 nitrogen and oxygen atoms in total. The lowest BCUT2D eigenvalue weighted by molar-refractivity contribution is 0.0755. The average Bonchev–Trinajstić information content (AvgIpc) is 2.71. The van der Waals surface area contributed by atoms with E-state index in [1.807, 2.05) is 17.0 Å². The predicted octanol–water partition coefficient (Wildman–Crippen LogP) is 3.66. The predicted molar refractivity (Wildman–Crippen MR) is 108 cm³/mol. The summed E-state index contributed by atoms with van der Waals surface area (Å²) >= 11 is 0. The normalized spacial score (nSPS) is 10.5. The van der Waals surface area contributed by atoms with Gasteiger partial charge in [-0.05, 0) is 55.2 Å². The van der Waals surface area contributed by atoms with Crippen LogP contribution in [0.1, 0.15) is 53.0 Å². The van der Waals surface area contributed by atoms with Crippen LogP contribution in [0.4, 0.5) is 0 Å². The van der Waals surface area contributed by atoms with Crippen molar-refractivity contribution in [1.82, 2.24) is 14.8 Å². The molecule has 0 aliphatic heterocycles. The number of benzene rings is 1. The number of rotatable bonds is 9. The van der Waals surface area contributed by atoms with Gasteiger partial charge in [-0.1, -0.05) is 19.9 Å². The quantitative estimate of drug-likeness (QED) is 0.680. The van der Waals surface area contributed by atoms with E-state index in [4.69, 9.17) is 0 Å². The Bertz CT molecular complexity index is 740. The maximum Gasteiger partial charge on any atom is 0.253 e. The van der Waals surface area contributed by atoms with Crippen LogP contribution in [-0.2, 0) is 6.42 Å². The van der Waals surface area contributed by atoms with Crippen LogP contribution in [0.25, 0.3) is 0 Å². The van der Waals surface area contributed by atoms with Crippen molar-refractivity contribution in [3.8, 4) is 0 Å². The maximum atomic E-state index is 12.8. The molecule has 0 saturated heterocycles. The van der Waals surface area contributed by atoms with E-state index in [9.17, 15) is 9.59 Å². The smallest absolute Gasteiger partial charge is 0.253 e. The second kappa shape index (κ2) is 10.5. The summed E-state index contributed by atoms with van der Waals surface area (Å²) in [6, 6.07) is 11.0. The Labute approximate surface area is 162 Å². The fourth-order valence-corrected chi connectivity index (χ4v) is 2.99. The van der Waals surface area contributed by atoms with Crippen LogP contribution in [0.2, 0.25) is 0 Å². The molecule has 2 amide bonds. The van der Waals surface area contributed by atoms with Gasteiger partial charge in [-0.3, -0.25) is 14.6 Å². The molecule has 0 aliphatic carbocycles. The Morgan fingerprint density at radius 2 is 1.48 bits per heavy atom. The molecular weight excluding hydrogens is 338 g/mol. The molecular formula is C22H29N3O2. The first-order valence-corrected chi connectivity index (χ1v) is 9.60. The summed E-state index contributed by atoms with van der Waals surface area (Å²) in [5.41, 5.74) is 2.26. The third-order valence-electron chi connectivity index (χ3n) is 4.46. The second-order valence-electron chi connectivity index (χ2n) is 6.71. The number of likely N-dealkylation sites (N-methyl/N-ethyl adjacent to an activating group) is 1. The van der Waals surface area contributed by atoms with Crippen molar-refractivity contribution < 1.29 is 9.59 Å². The summed E-state index contributed by atoms with van der Waals surface area (Å²) in [5, 5.41) is 0. The molecule has 0 aliphatic rings. The third kappa shape index (κ3) is 5.91. The second-order valence-corrected chi connectivity index (χ2v) is 6.71. The molecule has 144 valence electrons. The van der Waals surface area contributed by atoms with Gasteiger partial charge in [0.25, 0.3) is 11.8 Å². The molecule has 27 heavy (non-hydrogen) atoms. The molecule has 0 saturated carbocycles. The first-order chi connectivity index (χ1) is 13.1. The van der Waals surface area contributed by atoms with Gasteiger partial charge in [0, 0.05) is 50.2 Å². The van der Waals surface area contributed by atoms with Gasteiger partial charge in [0.1, 0.15) is 0 Å². The molecule has 0 unspecified atom stereocenters. The molecule has 0 bridgehead atoms. The lowest BCUT2D eigenvalue weighted by Crippen LogP contribution is -2.33. The number of carbonyl (C=O) groups excluding carboxylic acids is 2. The van der Waals surface area contributed by atoms with E-state index in [1.54, 1.807) is 48.6 Å². The van der Waals surface area contributed by atoms with Crippen molar-refractivity contribution >= 4 is 11.8 Å². The van der Waals surface area contributed by atoms with Crippen molar-refractivity contribution in [3.05, 3.63) is 65.5 Å². The number of aromatic nitrogens is 1. The molecule has 0 spiro atoms.